The van der Waals surface area contributed by atoms with Crippen molar-refractivity contribution in [3.63, 3.8) is 0 Å². The van der Waals surface area contributed by atoms with Crippen molar-refractivity contribution in [2.24, 2.45) is 0 Å². The van der Waals surface area contributed by atoms with E-state index in [1.807, 2.05) is 0 Å². The van der Waals surface area contributed by atoms with Crippen LogP contribution < -0.4 is 0 Å². The van der Waals surface area contributed by atoms with E-state index in [9.17, 15) is 0 Å². The molecule has 0 bridgehead atoms. The highest BCUT2D eigenvalue weighted by atomic mass is 35.6. The lowest BCUT2D eigenvalue weighted by molar-refractivity contribution is 0.317. The number of rotatable bonds is 3. The second-order valence-electron chi connectivity index (χ2n) is 1.05. The molecule has 44 valence electrons. The van der Waals surface area contributed by atoms with Gasteiger partial charge in [-0.25, -0.2) is 0 Å². The molecule has 7 heavy (non-hydrogen) atoms. The van der Waals surface area contributed by atoms with Crippen LogP contribution in [0.3, 0.4) is 0 Å². The predicted octanol–water partition coefficient (Wildman–Crippen LogP) is -1.68. The van der Waals surface area contributed by atoms with Gasteiger partial charge in [-0.3, -0.25) is 0 Å². The lowest BCUT2D eigenvalue weighted by atomic mass is 11.7. The Labute approximate surface area is 52.3 Å². The molecule has 0 aliphatic rings. The van der Waals surface area contributed by atoms with Crippen molar-refractivity contribution in [2.45, 2.75) is 0 Å². The molecule has 0 fully saturated rings. The second kappa shape index (κ2) is 4.79. The molecule has 0 heterocycles. The van der Waals surface area contributed by atoms with Crippen LogP contribution in [-0.2, 0) is 4.43 Å². The molecule has 0 radical (unpaired) electrons. The van der Waals surface area contributed by atoms with Crippen LogP contribution in [-0.4, -0.2) is 36.2 Å². The van der Waals surface area contributed by atoms with Crippen molar-refractivity contribution in [1.82, 2.24) is 0 Å². The molecule has 1 N–H and O–H groups in total. The second-order valence-corrected chi connectivity index (χ2v) is 4.60. The van der Waals surface area contributed by atoms with E-state index < -0.39 is 8.35 Å². The first-order valence-corrected chi connectivity index (χ1v) is 6.62. The van der Waals surface area contributed by atoms with E-state index in [1.165, 1.54) is 0 Å². The Bertz CT molecular complexity index is 44.7. The maximum Gasteiger partial charge on any atom is 0.299 e. The van der Waals surface area contributed by atoms with Crippen LogP contribution in [0, 0.1) is 0 Å². The van der Waals surface area contributed by atoms with Gasteiger partial charge < -0.3 is 9.53 Å². The van der Waals surface area contributed by atoms with E-state index in [0.717, 1.165) is 16.5 Å². The summed E-state index contributed by atoms with van der Waals surface area (Å²) in [7, 11) is -0.610. The fourth-order valence-electron chi connectivity index (χ4n) is 0.234. The van der Waals surface area contributed by atoms with Gasteiger partial charge in [0.15, 0.2) is 0 Å². The summed E-state index contributed by atoms with van der Waals surface area (Å²) in [4.78, 5) is 0. The molecule has 2 nitrogen and oxygen atoms in total. The first-order chi connectivity index (χ1) is 3.31. The zero-order valence-corrected chi connectivity index (χ0v) is 8.14. The Balaban J connectivity index is 2.83. The van der Waals surface area contributed by atoms with Gasteiger partial charge in [-0.1, -0.05) is 0 Å². The lowest BCUT2D eigenvalue weighted by Crippen LogP contribution is -2.16. The molecule has 0 aromatic rings. The first kappa shape index (κ1) is 7.64. The minimum absolute atomic E-state index is 0.0454. The SMILES string of the molecule is OC[SiH](Cl)OC[SiH3]. The van der Waals surface area contributed by atoms with Crippen LogP contribution in [0.5, 0.6) is 0 Å². The summed E-state index contributed by atoms with van der Waals surface area (Å²) >= 11 is 5.45. The Morgan fingerprint density at radius 2 is 2.43 bits per heavy atom. The van der Waals surface area contributed by atoms with Gasteiger partial charge in [0, 0.05) is 16.5 Å². The van der Waals surface area contributed by atoms with Gasteiger partial charge in [0.05, 0.1) is 6.23 Å². The standard InChI is InChI=1S/C2H9ClO2Si2/c3-7(1-4)5-2-6/h4,7H,1-2H2,6H3. The molecule has 0 aromatic carbocycles. The molecule has 0 aliphatic heterocycles. The third-order valence-corrected chi connectivity index (χ3v) is 3.27. The van der Waals surface area contributed by atoms with E-state index in [2.05, 4.69) is 0 Å². The molecular formula is C2H9ClO2Si2. The largest absolute Gasteiger partial charge is 0.409 e. The van der Waals surface area contributed by atoms with Crippen LogP contribution in [0.1, 0.15) is 0 Å². The minimum Gasteiger partial charge on any atom is -0.409 e. The smallest absolute Gasteiger partial charge is 0.299 e. The Kier molecular flexibility index (Phi) is 5.24. The van der Waals surface area contributed by atoms with Crippen molar-refractivity contribution in [1.29, 1.82) is 0 Å². The molecule has 0 aromatic heterocycles. The van der Waals surface area contributed by atoms with Gasteiger partial charge in [-0.05, 0) is 0 Å². The van der Waals surface area contributed by atoms with Gasteiger partial charge in [0.25, 0.3) is 8.35 Å². The number of halogens is 1. The molecule has 0 rings (SSSR count). The molecule has 0 saturated heterocycles. The molecule has 5 heteroatoms. The van der Waals surface area contributed by atoms with Gasteiger partial charge >= 0.3 is 0 Å². The third kappa shape index (κ3) is 4.50. The van der Waals surface area contributed by atoms with Crippen LogP contribution in [0.15, 0.2) is 0 Å². The van der Waals surface area contributed by atoms with E-state index >= 15 is 0 Å². The molecule has 0 amide bonds. The van der Waals surface area contributed by atoms with Gasteiger partial charge in [0.1, 0.15) is 0 Å². The number of hydrogen-bond acceptors (Lipinski definition) is 2. The van der Waals surface area contributed by atoms with E-state index in [4.69, 9.17) is 20.6 Å². The number of aliphatic hydroxyl groups is 1. The number of hydrogen-bond donors (Lipinski definition) is 1. The maximum atomic E-state index is 8.29. The zero-order valence-electron chi connectivity index (χ0n) is 4.22. The highest BCUT2D eigenvalue weighted by Gasteiger charge is 2.01. The van der Waals surface area contributed by atoms with Crippen molar-refractivity contribution in [3.8, 4) is 0 Å². The van der Waals surface area contributed by atoms with Gasteiger partial charge in [-0.2, -0.15) is 0 Å². The lowest BCUT2D eigenvalue weighted by Gasteiger charge is -2.00. The van der Waals surface area contributed by atoms with E-state index in [0.29, 0.717) is 0 Å². The highest BCUT2D eigenvalue weighted by Crippen LogP contribution is 1.86. The summed E-state index contributed by atoms with van der Waals surface area (Å²) in [5.74, 6) is 0. The summed E-state index contributed by atoms with van der Waals surface area (Å²) in [6.45, 7) is 0. The topological polar surface area (TPSA) is 29.5 Å². The van der Waals surface area contributed by atoms with Crippen molar-refractivity contribution in [2.75, 3.05) is 12.5 Å². The Hall–Kier alpha value is 0.644. The summed E-state index contributed by atoms with van der Waals surface area (Å²) in [5, 5.41) is 8.29. The monoisotopic (exact) mass is 156 g/mol. The summed E-state index contributed by atoms with van der Waals surface area (Å²) in [6.07, 6.45) is 0.796. The van der Waals surface area contributed by atoms with Crippen molar-refractivity contribution in [3.05, 3.63) is 0 Å². The normalized spacial score (nSPS) is 14.6. The van der Waals surface area contributed by atoms with Crippen molar-refractivity contribution < 1.29 is 9.53 Å². The molecule has 0 saturated carbocycles. The van der Waals surface area contributed by atoms with Crippen LogP contribution in [0.4, 0.5) is 0 Å². The first-order valence-electron chi connectivity index (χ1n) is 2.17. The Morgan fingerprint density at radius 1 is 1.86 bits per heavy atom. The fourth-order valence-corrected chi connectivity index (χ4v) is 2.92. The average Bonchev–Trinajstić information content (AvgIpc) is 1.68. The summed E-state index contributed by atoms with van der Waals surface area (Å²) in [6, 6.07) is 0. The summed E-state index contributed by atoms with van der Waals surface area (Å²) < 4.78 is 4.91. The highest BCUT2D eigenvalue weighted by molar-refractivity contribution is 7.03. The molecular weight excluding hydrogens is 148 g/mol. The Morgan fingerprint density at radius 3 is 2.57 bits per heavy atom. The summed E-state index contributed by atoms with van der Waals surface area (Å²) in [5.41, 5.74) is 0. The molecule has 1 atom stereocenters. The maximum absolute atomic E-state index is 8.29. The zero-order chi connectivity index (χ0) is 5.70. The molecule has 1 unspecified atom stereocenters. The van der Waals surface area contributed by atoms with Crippen molar-refractivity contribution >= 4 is 29.7 Å². The average molecular weight is 157 g/mol. The fraction of sp³-hybridized carbons (Fsp3) is 1.00. The predicted molar refractivity (Wildman–Crippen MR) is 36.0 cm³/mol. The van der Waals surface area contributed by atoms with Crippen LogP contribution in [0.25, 0.3) is 0 Å². The van der Waals surface area contributed by atoms with Crippen LogP contribution >= 0.6 is 11.1 Å². The van der Waals surface area contributed by atoms with Crippen LogP contribution in [0.2, 0.25) is 0 Å². The minimum atomic E-state index is -1.62. The van der Waals surface area contributed by atoms with Gasteiger partial charge in [0.2, 0.25) is 0 Å². The molecule has 0 aliphatic carbocycles. The molecule has 0 spiro atoms. The van der Waals surface area contributed by atoms with Gasteiger partial charge in [-0.15, -0.1) is 11.1 Å². The number of aliphatic hydroxyl groups excluding tert-OH is 1. The van der Waals surface area contributed by atoms with E-state index in [1.54, 1.807) is 0 Å². The quantitative estimate of drug-likeness (QED) is 0.391. The third-order valence-electron chi connectivity index (χ3n) is 0.491. The van der Waals surface area contributed by atoms with E-state index in [-0.39, 0.29) is 6.23 Å².